The van der Waals surface area contributed by atoms with Crippen LogP contribution >= 0.6 is 0 Å². The van der Waals surface area contributed by atoms with Crippen molar-refractivity contribution in [2.24, 2.45) is 0 Å². The van der Waals surface area contributed by atoms with Crippen molar-refractivity contribution in [1.82, 2.24) is 10.6 Å². The lowest BCUT2D eigenvalue weighted by Crippen LogP contribution is -2.33. The fourth-order valence-electron chi connectivity index (χ4n) is 3.35. The van der Waals surface area contributed by atoms with Gasteiger partial charge in [0.05, 0.1) is 18.5 Å². The summed E-state index contributed by atoms with van der Waals surface area (Å²) in [5.41, 5.74) is 4.26. The molecule has 0 aliphatic heterocycles. The van der Waals surface area contributed by atoms with Crippen LogP contribution in [0, 0.1) is 0 Å². The van der Waals surface area contributed by atoms with Crippen LogP contribution in [0.3, 0.4) is 0 Å². The molecule has 3 aromatic rings. The summed E-state index contributed by atoms with van der Waals surface area (Å²) >= 11 is 0. The van der Waals surface area contributed by atoms with Gasteiger partial charge in [-0.1, -0.05) is 84.9 Å². The fraction of sp³-hybridized carbons (Fsp3) is 0.200. The van der Waals surface area contributed by atoms with Gasteiger partial charge in [0.15, 0.2) is 0 Å². The van der Waals surface area contributed by atoms with Gasteiger partial charge < -0.3 is 10.6 Å². The average molecular weight is 386 g/mol. The fourth-order valence-corrected chi connectivity index (χ4v) is 3.35. The average Bonchev–Trinajstić information content (AvgIpc) is 2.74. The summed E-state index contributed by atoms with van der Waals surface area (Å²) in [6, 6.07) is 27.5. The molecule has 0 radical (unpaired) electrons. The number of nitrogens with one attached hydrogen (secondary N) is 2. The molecule has 4 heteroatoms. The highest BCUT2D eigenvalue weighted by Crippen LogP contribution is 2.22. The summed E-state index contributed by atoms with van der Waals surface area (Å²) in [5, 5.41) is 5.90. The molecule has 0 spiro atoms. The largest absolute Gasteiger partial charge is 0.350 e. The summed E-state index contributed by atoms with van der Waals surface area (Å²) in [6.45, 7) is 3.43. The number of amides is 2. The molecule has 0 saturated heterocycles. The van der Waals surface area contributed by atoms with Crippen molar-refractivity contribution in [3.8, 4) is 11.1 Å². The van der Waals surface area contributed by atoms with Gasteiger partial charge in [-0.25, -0.2) is 0 Å². The number of hydrogen-bond acceptors (Lipinski definition) is 2. The molecule has 2 amide bonds. The molecule has 2 unspecified atom stereocenters. The summed E-state index contributed by atoms with van der Waals surface area (Å²) < 4.78 is 0. The Morgan fingerprint density at radius 3 is 1.86 bits per heavy atom. The number of benzene rings is 3. The smallest absolute Gasteiger partial charge is 0.222 e. The highest BCUT2D eigenvalue weighted by Gasteiger charge is 2.18. The first-order valence-corrected chi connectivity index (χ1v) is 9.79. The van der Waals surface area contributed by atoms with Crippen LogP contribution in [0.2, 0.25) is 0 Å². The van der Waals surface area contributed by atoms with E-state index in [9.17, 15) is 9.59 Å². The molecule has 0 heterocycles. The van der Waals surface area contributed by atoms with E-state index in [-0.39, 0.29) is 30.3 Å². The van der Waals surface area contributed by atoms with Gasteiger partial charge in [-0.3, -0.25) is 9.59 Å². The molecule has 29 heavy (non-hydrogen) atoms. The van der Waals surface area contributed by atoms with E-state index < -0.39 is 0 Å². The van der Waals surface area contributed by atoms with Crippen molar-refractivity contribution < 1.29 is 9.59 Å². The van der Waals surface area contributed by atoms with Gasteiger partial charge in [0.25, 0.3) is 0 Å². The monoisotopic (exact) mass is 386 g/mol. The zero-order valence-electron chi connectivity index (χ0n) is 16.8. The maximum atomic E-state index is 12.6. The molecule has 148 valence electrons. The standard InChI is InChI=1S/C25H26N2O2/c1-18(20-13-15-22(16-14-20)21-9-5-3-6-10-21)26-25(29)17-24(27-19(2)28)23-11-7-4-8-12-23/h3-16,18,24H,17H2,1-2H3,(H,26,29)(H,27,28). The number of hydrogen-bond donors (Lipinski definition) is 2. The number of carbonyl (C=O) groups excluding carboxylic acids is 2. The quantitative estimate of drug-likeness (QED) is 0.613. The van der Waals surface area contributed by atoms with Crippen molar-refractivity contribution in [1.29, 1.82) is 0 Å². The Bertz CT molecular complexity index is 938. The van der Waals surface area contributed by atoms with Crippen molar-refractivity contribution >= 4 is 11.8 Å². The summed E-state index contributed by atoms with van der Waals surface area (Å²) in [7, 11) is 0. The van der Waals surface area contributed by atoms with E-state index in [0.29, 0.717) is 0 Å². The minimum Gasteiger partial charge on any atom is -0.350 e. The molecule has 2 atom stereocenters. The first-order chi connectivity index (χ1) is 14.0. The molecule has 0 fully saturated rings. The van der Waals surface area contributed by atoms with Gasteiger partial charge in [-0.05, 0) is 29.2 Å². The van der Waals surface area contributed by atoms with E-state index in [1.807, 2.05) is 67.6 Å². The van der Waals surface area contributed by atoms with E-state index in [1.165, 1.54) is 6.92 Å². The number of rotatable bonds is 7. The van der Waals surface area contributed by atoms with Crippen LogP contribution in [0.5, 0.6) is 0 Å². The van der Waals surface area contributed by atoms with Crippen LogP contribution in [0.25, 0.3) is 11.1 Å². The molecule has 4 nitrogen and oxygen atoms in total. The topological polar surface area (TPSA) is 58.2 Å². The SMILES string of the molecule is CC(=O)NC(CC(=O)NC(C)c1ccc(-c2ccccc2)cc1)c1ccccc1. The first-order valence-electron chi connectivity index (χ1n) is 9.79. The minimum absolute atomic E-state index is 0.104. The second-order valence-corrected chi connectivity index (χ2v) is 7.15. The lowest BCUT2D eigenvalue weighted by atomic mass is 10.0. The van der Waals surface area contributed by atoms with Gasteiger partial charge >= 0.3 is 0 Å². The number of carbonyl (C=O) groups is 2. The van der Waals surface area contributed by atoms with Crippen LogP contribution in [-0.4, -0.2) is 11.8 Å². The van der Waals surface area contributed by atoms with Crippen LogP contribution in [0.4, 0.5) is 0 Å². The third-order valence-corrected chi connectivity index (χ3v) is 4.86. The van der Waals surface area contributed by atoms with Crippen LogP contribution < -0.4 is 10.6 Å². The van der Waals surface area contributed by atoms with E-state index in [0.717, 1.165) is 22.3 Å². The molecular formula is C25H26N2O2. The van der Waals surface area contributed by atoms with E-state index in [1.54, 1.807) is 0 Å². The van der Waals surface area contributed by atoms with Crippen molar-refractivity contribution in [3.05, 3.63) is 96.1 Å². The second kappa shape index (κ2) is 9.69. The Labute approximate surface area is 172 Å². The Morgan fingerprint density at radius 1 is 0.724 bits per heavy atom. The molecule has 0 saturated carbocycles. The Hall–Kier alpha value is -3.40. The van der Waals surface area contributed by atoms with Gasteiger partial charge in [-0.15, -0.1) is 0 Å². The molecule has 0 aromatic heterocycles. The molecule has 2 N–H and O–H groups in total. The van der Waals surface area contributed by atoms with Gasteiger partial charge in [0.1, 0.15) is 0 Å². The first kappa shape index (κ1) is 20.3. The lowest BCUT2D eigenvalue weighted by Gasteiger charge is -2.20. The van der Waals surface area contributed by atoms with Crippen LogP contribution in [-0.2, 0) is 9.59 Å². The normalized spacial score (nSPS) is 12.6. The molecular weight excluding hydrogens is 360 g/mol. The van der Waals surface area contributed by atoms with Crippen molar-refractivity contribution in [3.63, 3.8) is 0 Å². The van der Waals surface area contributed by atoms with Gasteiger partial charge in [0.2, 0.25) is 11.8 Å². The van der Waals surface area contributed by atoms with E-state index in [2.05, 4.69) is 34.9 Å². The zero-order chi connectivity index (χ0) is 20.6. The zero-order valence-corrected chi connectivity index (χ0v) is 16.8. The van der Waals surface area contributed by atoms with Crippen molar-refractivity contribution in [2.45, 2.75) is 32.4 Å². The Morgan fingerprint density at radius 2 is 1.28 bits per heavy atom. The van der Waals surface area contributed by atoms with E-state index in [4.69, 9.17) is 0 Å². The minimum atomic E-state index is -0.346. The summed E-state index contributed by atoms with van der Waals surface area (Å²) in [4.78, 5) is 24.2. The van der Waals surface area contributed by atoms with Crippen molar-refractivity contribution in [2.75, 3.05) is 0 Å². The predicted octanol–water partition coefficient (Wildman–Crippen LogP) is 4.80. The third-order valence-electron chi connectivity index (χ3n) is 4.86. The summed E-state index contributed by atoms with van der Waals surface area (Å²) in [5.74, 6) is -0.261. The second-order valence-electron chi connectivity index (χ2n) is 7.15. The molecule has 0 aliphatic rings. The van der Waals surface area contributed by atoms with E-state index >= 15 is 0 Å². The molecule has 0 aliphatic carbocycles. The van der Waals surface area contributed by atoms with Crippen LogP contribution in [0.15, 0.2) is 84.9 Å². The molecule has 3 rings (SSSR count). The molecule has 3 aromatic carbocycles. The molecule has 0 bridgehead atoms. The Kier molecular flexibility index (Phi) is 6.80. The van der Waals surface area contributed by atoms with Gasteiger partial charge in [-0.2, -0.15) is 0 Å². The van der Waals surface area contributed by atoms with Gasteiger partial charge in [0, 0.05) is 6.92 Å². The third kappa shape index (κ3) is 5.79. The predicted molar refractivity (Wildman–Crippen MR) is 116 cm³/mol. The highest BCUT2D eigenvalue weighted by atomic mass is 16.2. The maximum Gasteiger partial charge on any atom is 0.222 e. The maximum absolute atomic E-state index is 12.6. The Balaban J connectivity index is 1.64. The van der Waals surface area contributed by atoms with Crippen LogP contribution in [0.1, 0.15) is 43.5 Å². The summed E-state index contributed by atoms with van der Waals surface area (Å²) in [6.07, 6.45) is 0.191. The highest BCUT2D eigenvalue weighted by molar-refractivity contribution is 5.79. The lowest BCUT2D eigenvalue weighted by molar-refractivity contribution is -0.123.